The molecule has 2 rings (SSSR count). The van der Waals surface area contributed by atoms with E-state index in [4.69, 9.17) is 10.1 Å². The third kappa shape index (κ3) is 5.97. The van der Waals surface area contributed by atoms with Gasteiger partial charge in [-0.1, -0.05) is 19.3 Å². The Hall–Kier alpha value is -0.700. The summed E-state index contributed by atoms with van der Waals surface area (Å²) < 4.78 is 5.35. The first-order chi connectivity index (χ1) is 8.38. The van der Waals surface area contributed by atoms with Crippen molar-refractivity contribution in [3.63, 3.8) is 0 Å². The summed E-state index contributed by atoms with van der Waals surface area (Å²) in [6.07, 6.45) is 7.21. The largest absolute Gasteiger partial charge is 0.379 e. The number of rotatable bonds is 2. The molecule has 17 heavy (non-hydrogen) atoms. The number of aliphatic imine (C=N–C) groups is 1. The molecule has 4 heteroatoms. The lowest BCUT2D eigenvalue weighted by Crippen LogP contribution is -2.44. The number of morpholine rings is 1. The Morgan fingerprint density at radius 1 is 1.24 bits per heavy atom. The Morgan fingerprint density at radius 2 is 1.88 bits per heavy atom. The number of nitrogens with zero attached hydrogens (tertiary/aromatic N) is 2. The number of hydrogen-bond acceptors (Lipinski definition) is 4. The fraction of sp³-hybridized carbons (Fsp3) is 0.923. The Morgan fingerprint density at radius 3 is 2.35 bits per heavy atom. The van der Waals surface area contributed by atoms with Crippen LogP contribution in [0.1, 0.15) is 39.0 Å². The predicted octanol–water partition coefficient (Wildman–Crippen LogP) is 2.41. The summed E-state index contributed by atoms with van der Waals surface area (Å²) in [5.74, 6) is 0. The Kier molecular flexibility index (Phi) is 7.89. The molecule has 0 amide bonds. The van der Waals surface area contributed by atoms with Crippen molar-refractivity contribution in [3.8, 4) is 0 Å². The SMILES string of the molecule is C1CCC(N2CCOCC2)CC1.CCN=C=N. The predicted molar refractivity (Wildman–Crippen MR) is 70.0 cm³/mol. The van der Waals surface area contributed by atoms with Gasteiger partial charge < -0.3 is 4.74 Å². The maximum absolute atomic E-state index is 6.19. The average Bonchev–Trinajstić information content (AvgIpc) is 2.42. The van der Waals surface area contributed by atoms with Crippen LogP contribution in [-0.4, -0.2) is 49.8 Å². The van der Waals surface area contributed by atoms with Gasteiger partial charge in [0.05, 0.1) is 19.2 Å². The van der Waals surface area contributed by atoms with Gasteiger partial charge in [-0.15, -0.1) is 0 Å². The van der Waals surface area contributed by atoms with Crippen LogP contribution in [-0.2, 0) is 4.74 Å². The molecule has 0 radical (unpaired) electrons. The third-order valence-corrected chi connectivity index (χ3v) is 3.37. The van der Waals surface area contributed by atoms with E-state index in [0.29, 0.717) is 6.54 Å². The topological polar surface area (TPSA) is 48.7 Å². The lowest BCUT2D eigenvalue weighted by molar-refractivity contribution is 0.00858. The highest BCUT2D eigenvalue weighted by Gasteiger charge is 2.22. The normalized spacial score (nSPS) is 22.2. The highest BCUT2D eigenvalue weighted by atomic mass is 16.5. The van der Waals surface area contributed by atoms with Gasteiger partial charge in [0.2, 0.25) is 0 Å². The molecule has 1 aliphatic heterocycles. The summed E-state index contributed by atoms with van der Waals surface area (Å²) in [5, 5.41) is 6.19. The average molecular weight is 239 g/mol. The van der Waals surface area contributed by atoms with Crippen LogP contribution in [0.25, 0.3) is 0 Å². The van der Waals surface area contributed by atoms with Crippen molar-refractivity contribution in [2.75, 3.05) is 32.8 Å². The molecule has 1 N–H and O–H groups in total. The van der Waals surface area contributed by atoms with Gasteiger partial charge in [-0.2, -0.15) is 0 Å². The van der Waals surface area contributed by atoms with Crippen LogP contribution in [0.2, 0.25) is 0 Å². The van der Waals surface area contributed by atoms with Crippen LogP contribution < -0.4 is 0 Å². The Bertz CT molecular complexity index is 211. The van der Waals surface area contributed by atoms with Gasteiger partial charge in [0.15, 0.2) is 0 Å². The summed E-state index contributed by atoms with van der Waals surface area (Å²) in [7, 11) is 0. The van der Waals surface area contributed by atoms with E-state index < -0.39 is 0 Å². The van der Waals surface area contributed by atoms with Crippen molar-refractivity contribution in [2.45, 2.75) is 45.1 Å². The molecule has 0 spiro atoms. The monoisotopic (exact) mass is 239 g/mol. The van der Waals surface area contributed by atoms with E-state index in [9.17, 15) is 0 Å². The van der Waals surface area contributed by atoms with Gasteiger partial charge in [-0.3, -0.25) is 4.90 Å². The molecular weight excluding hydrogens is 214 g/mol. The van der Waals surface area contributed by atoms with Gasteiger partial charge in [-0.25, -0.2) is 10.4 Å². The highest BCUT2D eigenvalue weighted by Crippen LogP contribution is 2.22. The summed E-state index contributed by atoms with van der Waals surface area (Å²) in [6.45, 7) is 6.79. The lowest BCUT2D eigenvalue weighted by atomic mass is 9.94. The van der Waals surface area contributed by atoms with Crippen molar-refractivity contribution in [1.82, 2.24) is 4.90 Å². The van der Waals surface area contributed by atoms with Gasteiger partial charge in [0.1, 0.15) is 0 Å². The molecule has 1 aliphatic carbocycles. The molecular formula is C13H25N3O. The van der Waals surface area contributed by atoms with Crippen LogP contribution >= 0.6 is 0 Å². The van der Waals surface area contributed by atoms with Crippen molar-refractivity contribution in [2.24, 2.45) is 4.99 Å². The van der Waals surface area contributed by atoms with Crippen LogP contribution in [0.5, 0.6) is 0 Å². The number of ether oxygens (including phenoxy) is 1. The smallest absolute Gasteiger partial charge is 0.0861 e. The molecule has 1 saturated heterocycles. The lowest BCUT2D eigenvalue weighted by Gasteiger charge is -2.36. The first kappa shape index (κ1) is 14.4. The molecule has 0 atom stereocenters. The highest BCUT2D eigenvalue weighted by molar-refractivity contribution is 5.35. The summed E-state index contributed by atoms with van der Waals surface area (Å²) in [4.78, 5) is 6.02. The summed E-state index contributed by atoms with van der Waals surface area (Å²) in [6, 6.07) is 2.78. The van der Waals surface area contributed by atoms with Gasteiger partial charge >= 0.3 is 0 Å². The van der Waals surface area contributed by atoms with E-state index in [2.05, 4.69) is 9.89 Å². The van der Waals surface area contributed by atoms with E-state index in [0.717, 1.165) is 19.3 Å². The summed E-state index contributed by atoms with van der Waals surface area (Å²) >= 11 is 0. The van der Waals surface area contributed by atoms with Crippen LogP contribution in [0.3, 0.4) is 0 Å². The first-order valence-electron chi connectivity index (χ1n) is 6.78. The minimum Gasteiger partial charge on any atom is -0.379 e. The van der Waals surface area contributed by atoms with Crippen molar-refractivity contribution in [3.05, 3.63) is 0 Å². The van der Waals surface area contributed by atoms with E-state index in [1.165, 1.54) is 45.2 Å². The molecule has 0 unspecified atom stereocenters. The van der Waals surface area contributed by atoms with E-state index in [-0.39, 0.29) is 0 Å². The van der Waals surface area contributed by atoms with Gasteiger partial charge in [-0.05, 0) is 19.8 Å². The molecule has 0 bridgehead atoms. The second kappa shape index (κ2) is 9.34. The molecule has 4 nitrogen and oxygen atoms in total. The second-order valence-electron chi connectivity index (χ2n) is 4.53. The molecule has 0 aromatic heterocycles. The maximum atomic E-state index is 6.19. The van der Waals surface area contributed by atoms with E-state index >= 15 is 0 Å². The minimum atomic E-state index is 0.670. The zero-order valence-corrected chi connectivity index (χ0v) is 11.0. The quantitative estimate of drug-likeness (QED) is 0.752. The first-order valence-corrected chi connectivity index (χ1v) is 6.78. The van der Waals surface area contributed by atoms with Gasteiger partial charge in [0, 0.05) is 25.7 Å². The molecule has 0 aromatic rings. The fourth-order valence-corrected chi connectivity index (χ4v) is 2.47. The van der Waals surface area contributed by atoms with Crippen LogP contribution in [0.4, 0.5) is 0 Å². The van der Waals surface area contributed by atoms with Crippen molar-refractivity contribution < 1.29 is 4.74 Å². The maximum Gasteiger partial charge on any atom is 0.0861 e. The zero-order chi connectivity index (χ0) is 12.3. The number of nitrogens with one attached hydrogen (secondary N) is 1. The zero-order valence-electron chi connectivity index (χ0n) is 11.0. The Labute approximate surface area is 105 Å². The van der Waals surface area contributed by atoms with E-state index in [1.807, 2.05) is 12.9 Å². The standard InChI is InChI=1S/C10H19NO.C3H6N2/c1-2-4-10(5-3-1)11-6-8-12-9-7-11;1-2-5-3-4/h10H,1-9H2;4H,2H2,1H3. The molecule has 1 heterocycles. The second-order valence-corrected chi connectivity index (χ2v) is 4.53. The molecule has 2 fully saturated rings. The molecule has 2 aliphatic rings. The molecule has 98 valence electrons. The van der Waals surface area contributed by atoms with E-state index in [1.54, 1.807) is 0 Å². The fourth-order valence-electron chi connectivity index (χ4n) is 2.47. The third-order valence-electron chi connectivity index (χ3n) is 3.37. The van der Waals surface area contributed by atoms with Crippen LogP contribution in [0.15, 0.2) is 4.99 Å². The van der Waals surface area contributed by atoms with Crippen molar-refractivity contribution in [1.29, 1.82) is 5.41 Å². The molecule has 1 saturated carbocycles. The number of hydrogen-bond donors (Lipinski definition) is 1. The van der Waals surface area contributed by atoms with Crippen LogP contribution in [0, 0.1) is 5.41 Å². The minimum absolute atomic E-state index is 0.670. The van der Waals surface area contributed by atoms with Crippen molar-refractivity contribution >= 4 is 6.01 Å². The Balaban J connectivity index is 0.000000249. The molecule has 0 aromatic carbocycles. The summed E-state index contributed by atoms with van der Waals surface area (Å²) in [5.41, 5.74) is 0. The van der Waals surface area contributed by atoms with Gasteiger partial charge in [0.25, 0.3) is 0 Å².